The second kappa shape index (κ2) is 7.16. The van der Waals surface area contributed by atoms with E-state index in [4.69, 9.17) is 0 Å². The van der Waals surface area contributed by atoms with Gasteiger partial charge in [-0.1, -0.05) is 12.1 Å². The molecule has 1 amide bonds. The Morgan fingerprint density at radius 1 is 1.17 bits per heavy atom. The van der Waals surface area contributed by atoms with Crippen LogP contribution in [0.1, 0.15) is 24.8 Å². The molecule has 0 aromatic heterocycles. The van der Waals surface area contributed by atoms with E-state index in [-0.39, 0.29) is 24.2 Å². The summed E-state index contributed by atoms with van der Waals surface area (Å²) in [6.45, 7) is 2.34. The van der Waals surface area contributed by atoms with Gasteiger partial charge in [-0.05, 0) is 36.5 Å². The molecule has 1 unspecified atom stereocenters. The van der Waals surface area contributed by atoms with E-state index >= 15 is 0 Å². The number of likely N-dealkylation sites (tertiary alicyclic amines) is 1. The molecular formula is C16H22FN3O3S. The molecule has 24 heavy (non-hydrogen) atoms. The Hall–Kier alpha value is -1.51. The molecule has 1 atom stereocenters. The maximum absolute atomic E-state index is 12.9. The predicted octanol–water partition coefficient (Wildman–Crippen LogP) is 1.10. The molecule has 2 saturated heterocycles. The summed E-state index contributed by atoms with van der Waals surface area (Å²) in [6.07, 6.45) is 2.13. The second-order valence-corrected chi connectivity index (χ2v) is 8.19. The Morgan fingerprint density at radius 2 is 1.83 bits per heavy atom. The summed E-state index contributed by atoms with van der Waals surface area (Å²) in [5.41, 5.74) is 0.864. The average Bonchev–Trinajstić information content (AvgIpc) is 3.19. The van der Waals surface area contributed by atoms with E-state index in [0.29, 0.717) is 32.6 Å². The van der Waals surface area contributed by atoms with E-state index in [2.05, 4.69) is 4.72 Å². The van der Waals surface area contributed by atoms with Gasteiger partial charge in [-0.3, -0.25) is 4.79 Å². The van der Waals surface area contributed by atoms with Gasteiger partial charge in [0.15, 0.2) is 0 Å². The van der Waals surface area contributed by atoms with Crippen molar-refractivity contribution in [3.8, 4) is 0 Å². The number of amides is 1. The van der Waals surface area contributed by atoms with Gasteiger partial charge < -0.3 is 4.90 Å². The van der Waals surface area contributed by atoms with E-state index in [1.54, 1.807) is 17.0 Å². The van der Waals surface area contributed by atoms with Gasteiger partial charge in [0.25, 0.3) is 10.2 Å². The van der Waals surface area contributed by atoms with Crippen molar-refractivity contribution in [3.63, 3.8) is 0 Å². The summed E-state index contributed by atoms with van der Waals surface area (Å²) in [7, 11) is -3.43. The molecular weight excluding hydrogens is 333 g/mol. The first-order valence-corrected chi connectivity index (χ1v) is 9.65. The minimum atomic E-state index is -3.43. The lowest BCUT2D eigenvalue weighted by molar-refractivity contribution is -0.128. The van der Waals surface area contributed by atoms with Gasteiger partial charge >= 0.3 is 0 Å². The van der Waals surface area contributed by atoms with Gasteiger partial charge in [-0.25, -0.2) is 9.11 Å². The van der Waals surface area contributed by atoms with Crippen molar-refractivity contribution in [2.45, 2.75) is 25.8 Å². The van der Waals surface area contributed by atoms with Crippen LogP contribution in [0.3, 0.4) is 0 Å². The van der Waals surface area contributed by atoms with Gasteiger partial charge in [0, 0.05) is 39.1 Å². The van der Waals surface area contributed by atoms with E-state index in [1.807, 2.05) is 0 Å². The molecule has 3 rings (SSSR count). The summed E-state index contributed by atoms with van der Waals surface area (Å²) in [5.74, 6) is -0.333. The third kappa shape index (κ3) is 4.12. The molecule has 132 valence electrons. The number of nitrogens with zero attached hydrogens (tertiary/aromatic N) is 2. The van der Waals surface area contributed by atoms with Crippen LogP contribution in [0.15, 0.2) is 24.3 Å². The number of hydrogen-bond donors (Lipinski definition) is 1. The fourth-order valence-corrected chi connectivity index (χ4v) is 4.56. The summed E-state index contributed by atoms with van der Waals surface area (Å²) in [6, 6.07) is 6.06. The normalized spacial score (nSPS) is 22.5. The van der Waals surface area contributed by atoms with Crippen LogP contribution in [0, 0.1) is 11.7 Å². The fourth-order valence-electron chi connectivity index (χ4n) is 3.20. The van der Waals surface area contributed by atoms with Gasteiger partial charge in [0.2, 0.25) is 5.91 Å². The summed E-state index contributed by atoms with van der Waals surface area (Å²) < 4.78 is 41.3. The molecule has 2 fully saturated rings. The molecule has 1 aromatic rings. The Kier molecular flexibility index (Phi) is 5.17. The Labute approximate surface area is 141 Å². The van der Waals surface area contributed by atoms with Crippen LogP contribution in [0.4, 0.5) is 4.39 Å². The molecule has 2 aliphatic heterocycles. The van der Waals surface area contributed by atoms with Crippen molar-refractivity contribution in [2.75, 3.05) is 26.2 Å². The molecule has 0 radical (unpaired) electrons. The van der Waals surface area contributed by atoms with Crippen molar-refractivity contribution in [3.05, 3.63) is 35.6 Å². The van der Waals surface area contributed by atoms with Gasteiger partial charge in [0.1, 0.15) is 5.82 Å². The molecule has 8 heteroatoms. The zero-order valence-electron chi connectivity index (χ0n) is 13.4. The number of benzene rings is 1. The Bertz CT molecular complexity index is 687. The van der Waals surface area contributed by atoms with Crippen LogP contribution in [-0.4, -0.2) is 49.7 Å². The van der Waals surface area contributed by atoms with E-state index in [1.165, 1.54) is 16.4 Å². The van der Waals surface area contributed by atoms with E-state index < -0.39 is 10.2 Å². The molecule has 0 saturated carbocycles. The van der Waals surface area contributed by atoms with Crippen molar-refractivity contribution in [1.82, 2.24) is 13.9 Å². The lowest BCUT2D eigenvalue weighted by Crippen LogP contribution is -2.41. The highest BCUT2D eigenvalue weighted by molar-refractivity contribution is 7.87. The van der Waals surface area contributed by atoms with Crippen LogP contribution in [0.25, 0.3) is 0 Å². The Morgan fingerprint density at radius 3 is 2.50 bits per heavy atom. The molecule has 0 aliphatic carbocycles. The summed E-state index contributed by atoms with van der Waals surface area (Å²) in [4.78, 5) is 13.8. The standard InChI is InChI=1S/C16H22FN3O3S/c17-15-5-3-13(4-6-15)11-19-12-14(9-16(19)21)10-18-24(22,23)20-7-1-2-8-20/h3-6,14,18H,1-2,7-12H2. The van der Waals surface area contributed by atoms with Gasteiger partial charge in [-0.15, -0.1) is 0 Å². The molecule has 1 N–H and O–H groups in total. The summed E-state index contributed by atoms with van der Waals surface area (Å²) in [5, 5.41) is 0. The number of carbonyl (C=O) groups excluding carboxylic acids is 1. The molecule has 2 aliphatic rings. The molecule has 2 heterocycles. The largest absolute Gasteiger partial charge is 0.338 e. The van der Waals surface area contributed by atoms with Gasteiger partial charge in [0.05, 0.1) is 0 Å². The number of rotatable bonds is 6. The quantitative estimate of drug-likeness (QED) is 0.831. The Balaban J connectivity index is 1.52. The first kappa shape index (κ1) is 17.3. The van der Waals surface area contributed by atoms with E-state index in [9.17, 15) is 17.6 Å². The molecule has 0 bridgehead atoms. The van der Waals surface area contributed by atoms with Crippen molar-refractivity contribution in [2.24, 2.45) is 5.92 Å². The first-order chi connectivity index (χ1) is 11.4. The average molecular weight is 355 g/mol. The highest BCUT2D eigenvalue weighted by atomic mass is 32.2. The SMILES string of the molecule is O=C1CC(CNS(=O)(=O)N2CCCC2)CN1Cc1ccc(F)cc1. The van der Waals surface area contributed by atoms with Gasteiger partial charge in [-0.2, -0.15) is 12.7 Å². The monoisotopic (exact) mass is 355 g/mol. The highest BCUT2D eigenvalue weighted by Gasteiger charge is 2.32. The predicted molar refractivity (Wildman–Crippen MR) is 87.7 cm³/mol. The fraction of sp³-hybridized carbons (Fsp3) is 0.562. The van der Waals surface area contributed by atoms with Crippen LogP contribution >= 0.6 is 0 Å². The smallest absolute Gasteiger partial charge is 0.279 e. The summed E-state index contributed by atoms with van der Waals surface area (Å²) >= 11 is 0. The van der Waals surface area contributed by atoms with Crippen LogP contribution in [-0.2, 0) is 21.5 Å². The lowest BCUT2D eigenvalue weighted by Gasteiger charge is -2.19. The van der Waals surface area contributed by atoms with Crippen molar-refractivity contribution >= 4 is 16.1 Å². The second-order valence-electron chi connectivity index (χ2n) is 6.43. The minimum absolute atomic E-state index is 0.00435. The zero-order valence-corrected chi connectivity index (χ0v) is 14.3. The first-order valence-electron chi connectivity index (χ1n) is 8.21. The van der Waals surface area contributed by atoms with Crippen molar-refractivity contribution in [1.29, 1.82) is 0 Å². The third-order valence-electron chi connectivity index (χ3n) is 4.54. The highest BCUT2D eigenvalue weighted by Crippen LogP contribution is 2.20. The van der Waals surface area contributed by atoms with Crippen LogP contribution < -0.4 is 4.72 Å². The van der Waals surface area contributed by atoms with Crippen molar-refractivity contribution < 1.29 is 17.6 Å². The molecule has 0 spiro atoms. The third-order valence-corrected chi connectivity index (χ3v) is 6.12. The molecule has 6 nitrogen and oxygen atoms in total. The molecule has 1 aromatic carbocycles. The topological polar surface area (TPSA) is 69.7 Å². The number of halogens is 1. The number of carbonyl (C=O) groups is 1. The number of hydrogen-bond acceptors (Lipinski definition) is 3. The maximum atomic E-state index is 12.9. The maximum Gasteiger partial charge on any atom is 0.279 e. The van der Waals surface area contributed by atoms with Crippen LogP contribution in [0.5, 0.6) is 0 Å². The minimum Gasteiger partial charge on any atom is -0.338 e. The van der Waals surface area contributed by atoms with Crippen LogP contribution in [0.2, 0.25) is 0 Å². The lowest BCUT2D eigenvalue weighted by atomic mass is 10.1. The van der Waals surface area contributed by atoms with E-state index in [0.717, 1.165) is 18.4 Å². The zero-order chi connectivity index (χ0) is 17.2. The number of nitrogens with one attached hydrogen (secondary N) is 1.